The van der Waals surface area contributed by atoms with E-state index in [0.29, 0.717) is 29.0 Å². The quantitative estimate of drug-likeness (QED) is 0.854. The minimum Gasteiger partial charge on any atom is -0.465 e. The smallest absolute Gasteiger partial charge is 0.341 e. The molecule has 25 heavy (non-hydrogen) atoms. The molecule has 1 N–H and O–H groups in total. The van der Waals surface area contributed by atoms with E-state index in [1.54, 1.807) is 13.0 Å². The highest BCUT2D eigenvalue weighted by Crippen LogP contribution is 2.47. The fraction of sp³-hybridized carbons (Fsp3) is 0.684. The molecular weight excluding hydrogens is 320 g/mol. The van der Waals surface area contributed by atoms with Gasteiger partial charge in [-0.3, -0.25) is 0 Å². The monoisotopic (exact) mass is 346 g/mol. The van der Waals surface area contributed by atoms with E-state index in [1.807, 2.05) is 0 Å². The maximum atomic E-state index is 12.8. The zero-order valence-electron chi connectivity index (χ0n) is 14.9. The average Bonchev–Trinajstić information content (AvgIpc) is 2.85. The van der Waals surface area contributed by atoms with Gasteiger partial charge in [0.15, 0.2) is 0 Å². The van der Waals surface area contributed by atoms with Crippen LogP contribution >= 0.6 is 0 Å². The summed E-state index contributed by atoms with van der Waals surface area (Å²) in [5, 5.41) is 2.98. The first-order valence-electron chi connectivity index (χ1n) is 9.25. The summed E-state index contributed by atoms with van der Waals surface area (Å²) in [5.74, 6) is 2.97. The normalized spacial score (nSPS) is 30.2. The van der Waals surface area contributed by atoms with Crippen LogP contribution in [-0.2, 0) is 11.3 Å². The Morgan fingerprint density at radius 2 is 1.88 bits per heavy atom. The van der Waals surface area contributed by atoms with Gasteiger partial charge in [0.2, 0.25) is 0 Å². The van der Waals surface area contributed by atoms with Crippen LogP contribution in [0.3, 0.4) is 0 Å². The molecule has 5 rings (SSSR count). The van der Waals surface area contributed by atoms with Gasteiger partial charge in [-0.1, -0.05) is 0 Å². The predicted molar refractivity (Wildman–Crippen MR) is 91.1 cm³/mol. The summed E-state index contributed by atoms with van der Waals surface area (Å²) >= 11 is 0. The number of methoxy groups -OCH3 is 1. The summed E-state index contributed by atoms with van der Waals surface area (Å²) in [6, 6.07) is 2.03. The minimum atomic E-state index is -0.417. The number of ether oxygens (including phenoxy) is 1. The van der Waals surface area contributed by atoms with Crippen molar-refractivity contribution in [1.82, 2.24) is 10.2 Å². The second kappa shape index (κ2) is 6.39. The van der Waals surface area contributed by atoms with Crippen LogP contribution in [0.5, 0.6) is 0 Å². The highest BCUT2D eigenvalue weighted by molar-refractivity contribution is 5.90. The molecule has 0 aromatic carbocycles. The number of nitrogens with zero attached hydrogens (tertiary/aromatic N) is 1. The van der Waals surface area contributed by atoms with Crippen LogP contribution < -0.4 is 5.32 Å². The lowest BCUT2D eigenvalue weighted by Gasteiger charge is -2.38. The van der Waals surface area contributed by atoms with Crippen molar-refractivity contribution < 1.29 is 18.7 Å². The molecule has 136 valence electrons. The molecule has 4 aliphatic rings. The molecule has 2 aliphatic carbocycles. The number of fused-ring (bicyclic) bond motifs is 1. The third-order valence-electron chi connectivity index (χ3n) is 6.16. The van der Waals surface area contributed by atoms with Crippen LogP contribution in [0.15, 0.2) is 10.5 Å². The van der Waals surface area contributed by atoms with Gasteiger partial charge >= 0.3 is 12.0 Å². The molecule has 2 saturated heterocycles. The Hall–Kier alpha value is -1.98. The number of nitrogens with one attached hydrogen (secondary N) is 1. The van der Waals surface area contributed by atoms with Crippen LogP contribution in [0.1, 0.15) is 54.0 Å². The Kier molecular flexibility index (Phi) is 4.21. The van der Waals surface area contributed by atoms with Crippen LogP contribution in [0, 0.1) is 24.7 Å². The molecule has 2 unspecified atom stereocenters. The predicted octanol–water partition coefficient (Wildman–Crippen LogP) is 3.09. The Bertz CT molecular complexity index is 669. The van der Waals surface area contributed by atoms with E-state index >= 15 is 0 Å². The molecule has 2 saturated carbocycles. The molecule has 4 fully saturated rings. The van der Waals surface area contributed by atoms with Gasteiger partial charge in [-0.2, -0.15) is 0 Å². The maximum absolute atomic E-state index is 12.8. The lowest BCUT2D eigenvalue weighted by molar-refractivity contribution is 0.0598. The lowest BCUT2D eigenvalue weighted by atomic mass is 9.68. The number of urea groups is 1. The van der Waals surface area contributed by atoms with Gasteiger partial charge in [0.25, 0.3) is 0 Å². The molecule has 0 radical (unpaired) electrons. The first kappa shape index (κ1) is 16.5. The summed E-state index contributed by atoms with van der Waals surface area (Å²) in [6.45, 7) is 2.90. The summed E-state index contributed by atoms with van der Waals surface area (Å²) < 4.78 is 10.3. The number of carbonyl (C=O) groups is 2. The highest BCUT2D eigenvalue weighted by Gasteiger charge is 2.44. The van der Waals surface area contributed by atoms with Crippen molar-refractivity contribution >= 4 is 12.0 Å². The van der Waals surface area contributed by atoms with Gasteiger partial charge < -0.3 is 19.4 Å². The molecule has 1 aromatic heterocycles. The number of aryl methyl sites for hydroxylation is 1. The van der Waals surface area contributed by atoms with Gasteiger partial charge in [-0.15, -0.1) is 0 Å². The molecular formula is C19H26N2O4. The van der Waals surface area contributed by atoms with E-state index < -0.39 is 5.97 Å². The molecule has 4 bridgehead atoms. The molecule has 3 heterocycles. The highest BCUT2D eigenvalue weighted by atomic mass is 16.5. The van der Waals surface area contributed by atoms with Crippen molar-refractivity contribution in [3.8, 4) is 0 Å². The molecule has 1 aromatic rings. The van der Waals surface area contributed by atoms with Gasteiger partial charge in [0.1, 0.15) is 17.1 Å². The molecule has 6 nitrogen and oxygen atoms in total. The number of furan rings is 1. The third-order valence-corrected chi connectivity index (χ3v) is 6.16. The van der Waals surface area contributed by atoms with Crippen molar-refractivity contribution in [3.63, 3.8) is 0 Å². The largest absolute Gasteiger partial charge is 0.465 e. The summed E-state index contributed by atoms with van der Waals surface area (Å²) in [5.41, 5.74) is 0.414. The fourth-order valence-corrected chi connectivity index (χ4v) is 5.24. The van der Waals surface area contributed by atoms with Crippen molar-refractivity contribution in [1.29, 1.82) is 0 Å². The third kappa shape index (κ3) is 3.14. The average molecular weight is 346 g/mol. The number of esters is 1. The van der Waals surface area contributed by atoms with E-state index in [4.69, 9.17) is 9.15 Å². The Morgan fingerprint density at radius 3 is 2.56 bits per heavy atom. The van der Waals surface area contributed by atoms with E-state index in [0.717, 1.165) is 31.2 Å². The summed E-state index contributed by atoms with van der Waals surface area (Å²) in [7, 11) is 1.35. The number of amides is 2. The van der Waals surface area contributed by atoms with E-state index in [1.165, 1.54) is 26.4 Å². The lowest BCUT2D eigenvalue weighted by Crippen LogP contribution is -2.47. The second-order valence-electron chi connectivity index (χ2n) is 7.92. The fourth-order valence-electron chi connectivity index (χ4n) is 5.24. The molecule has 6 heteroatoms. The van der Waals surface area contributed by atoms with E-state index in [9.17, 15) is 9.59 Å². The van der Waals surface area contributed by atoms with E-state index in [-0.39, 0.29) is 12.6 Å². The van der Waals surface area contributed by atoms with Crippen LogP contribution in [0.4, 0.5) is 4.79 Å². The Morgan fingerprint density at radius 1 is 1.20 bits per heavy atom. The van der Waals surface area contributed by atoms with Crippen molar-refractivity contribution in [2.24, 2.45) is 17.8 Å². The molecule has 2 amide bonds. The Balaban J connectivity index is 1.40. The molecule has 2 aliphatic heterocycles. The van der Waals surface area contributed by atoms with Gasteiger partial charge in [0.05, 0.1) is 13.7 Å². The topological polar surface area (TPSA) is 71.8 Å². The second-order valence-corrected chi connectivity index (χ2v) is 7.92. The van der Waals surface area contributed by atoms with Gasteiger partial charge in [0, 0.05) is 12.6 Å². The van der Waals surface area contributed by atoms with Crippen LogP contribution in [0.25, 0.3) is 0 Å². The van der Waals surface area contributed by atoms with Crippen LogP contribution in [0.2, 0.25) is 0 Å². The first-order chi connectivity index (χ1) is 12.0. The molecule has 4 atom stereocenters. The first-order valence-corrected chi connectivity index (χ1v) is 9.25. The van der Waals surface area contributed by atoms with Crippen molar-refractivity contribution in [3.05, 3.63) is 23.2 Å². The Labute approximate surface area is 147 Å². The van der Waals surface area contributed by atoms with Crippen LogP contribution in [-0.4, -0.2) is 36.6 Å². The van der Waals surface area contributed by atoms with E-state index in [2.05, 4.69) is 10.2 Å². The maximum Gasteiger partial charge on any atom is 0.341 e. The van der Waals surface area contributed by atoms with Crippen molar-refractivity contribution in [2.75, 3.05) is 13.7 Å². The SMILES string of the molecule is COC(=O)c1cc(CNC(=O)N2CC3C[C@@H]4CC2C[C@H](C3)C4)oc1C. The number of hydrogen-bond acceptors (Lipinski definition) is 4. The number of carbonyl (C=O) groups excluding carboxylic acids is 2. The van der Waals surface area contributed by atoms with Crippen molar-refractivity contribution in [2.45, 2.75) is 51.6 Å². The molecule has 0 spiro atoms. The zero-order chi connectivity index (χ0) is 17.6. The zero-order valence-corrected chi connectivity index (χ0v) is 14.9. The number of rotatable bonds is 3. The standard InChI is InChI=1S/C19H26N2O4/c1-11-17(18(22)24-2)8-16(25-11)9-20-19(23)21-10-14-4-12-3-13(5-14)7-15(21)6-12/h8,12-15H,3-7,9-10H2,1-2H3,(H,20,23)/t12-,13+,14?,15?. The summed E-state index contributed by atoms with van der Waals surface area (Å²) in [6.07, 6.45) is 6.26. The summed E-state index contributed by atoms with van der Waals surface area (Å²) in [4.78, 5) is 26.5. The number of hydrogen-bond donors (Lipinski definition) is 1. The van der Waals surface area contributed by atoms with Gasteiger partial charge in [-0.05, 0) is 62.8 Å². The van der Waals surface area contributed by atoms with Gasteiger partial charge in [-0.25, -0.2) is 9.59 Å². The minimum absolute atomic E-state index is 0.00753.